The maximum atomic E-state index is 5.44. The van der Waals surface area contributed by atoms with E-state index in [0.717, 1.165) is 18.8 Å². The summed E-state index contributed by atoms with van der Waals surface area (Å²) in [5.41, 5.74) is 5.44. The van der Waals surface area contributed by atoms with Crippen LogP contribution >= 0.6 is 0 Å². The van der Waals surface area contributed by atoms with Gasteiger partial charge in [-0.05, 0) is 13.0 Å². The van der Waals surface area contributed by atoms with E-state index in [9.17, 15) is 0 Å². The Bertz CT molecular complexity index is 219. The normalized spacial score (nSPS) is 10.5. The molecule has 4 heteroatoms. The Morgan fingerprint density at radius 1 is 1.58 bits per heavy atom. The Morgan fingerprint density at radius 3 is 3.08 bits per heavy atom. The number of rotatable bonds is 5. The quantitative estimate of drug-likeness (QED) is 0.699. The lowest BCUT2D eigenvalue weighted by molar-refractivity contribution is 0.601. The molecule has 0 amide bonds. The number of hydrogen-bond donors (Lipinski definition) is 1. The minimum atomic E-state index is 0.644. The van der Waals surface area contributed by atoms with Crippen LogP contribution in [0.3, 0.4) is 0 Å². The molecule has 0 fully saturated rings. The van der Waals surface area contributed by atoms with Gasteiger partial charge in [0.25, 0.3) is 0 Å². The summed E-state index contributed by atoms with van der Waals surface area (Å²) >= 11 is 0. The van der Waals surface area contributed by atoms with Crippen LogP contribution in [0.2, 0.25) is 0 Å². The maximum Gasteiger partial charge on any atom is 0.134 e. The minimum absolute atomic E-state index is 0.644. The second-order valence-corrected chi connectivity index (χ2v) is 2.83. The van der Waals surface area contributed by atoms with Crippen molar-refractivity contribution >= 4 is 0 Å². The molecule has 0 unspecified atom stereocenters. The van der Waals surface area contributed by atoms with Crippen LogP contribution in [0.25, 0.3) is 0 Å². The lowest BCUT2D eigenvalue weighted by Gasteiger charge is -2.03. The third-order valence-electron chi connectivity index (χ3n) is 1.82. The summed E-state index contributed by atoms with van der Waals surface area (Å²) in [6, 6.07) is 0. The maximum absolute atomic E-state index is 5.44. The molecule has 0 saturated carbocycles. The largest absolute Gasteiger partial charge is 0.330 e. The molecule has 0 bridgehead atoms. The van der Waals surface area contributed by atoms with Gasteiger partial charge in [-0.25, -0.2) is 0 Å². The standard InChI is InChI=1S/C8H16N4/c1-2-3-6-12-7-10-11-8(12)4-5-9/h7H,2-6,9H2,1H3. The molecule has 4 nitrogen and oxygen atoms in total. The summed E-state index contributed by atoms with van der Waals surface area (Å²) in [5, 5.41) is 7.84. The molecule has 0 aliphatic carbocycles. The molecule has 0 aromatic carbocycles. The number of hydrogen-bond acceptors (Lipinski definition) is 3. The van der Waals surface area contributed by atoms with Crippen molar-refractivity contribution in [2.24, 2.45) is 5.73 Å². The third kappa shape index (κ3) is 2.30. The number of unbranched alkanes of at least 4 members (excludes halogenated alkanes) is 1. The topological polar surface area (TPSA) is 56.7 Å². The van der Waals surface area contributed by atoms with Gasteiger partial charge in [0.2, 0.25) is 0 Å². The molecule has 0 aliphatic rings. The van der Waals surface area contributed by atoms with Crippen LogP contribution in [-0.2, 0) is 13.0 Å². The Hall–Kier alpha value is -0.900. The Balaban J connectivity index is 2.51. The molecular weight excluding hydrogens is 152 g/mol. The summed E-state index contributed by atoms with van der Waals surface area (Å²) in [7, 11) is 0. The summed E-state index contributed by atoms with van der Waals surface area (Å²) in [6.45, 7) is 3.83. The monoisotopic (exact) mass is 168 g/mol. The second kappa shape index (κ2) is 4.87. The molecule has 1 aromatic rings. The third-order valence-corrected chi connectivity index (χ3v) is 1.82. The van der Waals surface area contributed by atoms with Crippen molar-refractivity contribution in [3.63, 3.8) is 0 Å². The Kier molecular flexibility index (Phi) is 3.73. The summed E-state index contributed by atoms with van der Waals surface area (Å²) < 4.78 is 2.08. The molecule has 1 aromatic heterocycles. The van der Waals surface area contributed by atoms with Gasteiger partial charge in [0.15, 0.2) is 0 Å². The molecule has 0 aliphatic heterocycles. The molecule has 68 valence electrons. The fourth-order valence-corrected chi connectivity index (χ4v) is 1.12. The fourth-order valence-electron chi connectivity index (χ4n) is 1.12. The van der Waals surface area contributed by atoms with Gasteiger partial charge in [0, 0.05) is 13.0 Å². The van der Waals surface area contributed by atoms with Crippen LogP contribution in [0.4, 0.5) is 0 Å². The Morgan fingerprint density at radius 2 is 2.42 bits per heavy atom. The van der Waals surface area contributed by atoms with Gasteiger partial charge in [0.1, 0.15) is 12.2 Å². The van der Waals surface area contributed by atoms with E-state index in [1.54, 1.807) is 6.33 Å². The van der Waals surface area contributed by atoms with E-state index in [0.29, 0.717) is 6.54 Å². The van der Waals surface area contributed by atoms with Gasteiger partial charge in [-0.2, -0.15) is 0 Å². The summed E-state index contributed by atoms with van der Waals surface area (Å²) in [4.78, 5) is 0. The van der Waals surface area contributed by atoms with Gasteiger partial charge in [-0.3, -0.25) is 0 Å². The van der Waals surface area contributed by atoms with E-state index >= 15 is 0 Å². The number of aryl methyl sites for hydroxylation is 1. The van der Waals surface area contributed by atoms with E-state index in [2.05, 4.69) is 21.7 Å². The van der Waals surface area contributed by atoms with E-state index in [-0.39, 0.29) is 0 Å². The lowest BCUT2D eigenvalue weighted by atomic mass is 10.3. The molecular formula is C8H16N4. The fraction of sp³-hybridized carbons (Fsp3) is 0.750. The van der Waals surface area contributed by atoms with Crippen molar-refractivity contribution in [1.82, 2.24) is 14.8 Å². The van der Waals surface area contributed by atoms with E-state index in [4.69, 9.17) is 5.73 Å². The molecule has 12 heavy (non-hydrogen) atoms. The van der Waals surface area contributed by atoms with Gasteiger partial charge in [0.05, 0.1) is 0 Å². The highest BCUT2D eigenvalue weighted by Crippen LogP contribution is 1.99. The van der Waals surface area contributed by atoms with Gasteiger partial charge >= 0.3 is 0 Å². The highest BCUT2D eigenvalue weighted by molar-refractivity contribution is 4.85. The average molecular weight is 168 g/mol. The minimum Gasteiger partial charge on any atom is -0.330 e. The SMILES string of the molecule is CCCCn1cnnc1CCN. The van der Waals surface area contributed by atoms with Crippen LogP contribution in [-0.4, -0.2) is 21.3 Å². The zero-order valence-electron chi connectivity index (χ0n) is 7.53. The van der Waals surface area contributed by atoms with E-state index in [1.807, 2.05) is 0 Å². The molecule has 0 radical (unpaired) electrons. The van der Waals surface area contributed by atoms with Crippen LogP contribution in [0.1, 0.15) is 25.6 Å². The van der Waals surface area contributed by atoms with Crippen LogP contribution in [0, 0.1) is 0 Å². The summed E-state index contributed by atoms with van der Waals surface area (Å²) in [6.07, 6.45) is 4.97. The van der Waals surface area contributed by atoms with Crippen molar-refractivity contribution in [2.45, 2.75) is 32.7 Å². The smallest absolute Gasteiger partial charge is 0.134 e. The van der Waals surface area contributed by atoms with E-state index in [1.165, 1.54) is 12.8 Å². The highest BCUT2D eigenvalue weighted by atomic mass is 15.3. The summed E-state index contributed by atoms with van der Waals surface area (Å²) in [5.74, 6) is 1.01. The molecule has 0 saturated heterocycles. The first-order valence-corrected chi connectivity index (χ1v) is 4.45. The first-order chi connectivity index (χ1) is 5.88. The second-order valence-electron chi connectivity index (χ2n) is 2.83. The molecule has 1 heterocycles. The van der Waals surface area contributed by atoms with E-state index < -0.39 is 0 Å². The van der Waals surface area contributed by atoms with Crippen LogP contribution < -0.4 is 5.73 Å². The van der Waals surface area contributed by atoms with Crippen LogP contribution in [0.5, 0.6) is 0 Å². The van der Waals surface area contributed by atoms with Gasteiger partial charge < -0.3 is 10.3 Å². The van der Waals surface area contributed by atoms with Crippen molar-refractivity contribution < 1.29 is 0 Å². The first kappa shape index (κ1) is 9.19. The molecule has 0 atom stereocenters. The lowest BCUT2D eigenvalue weighted by Crippen LogP contribution is -2.09. The highest BCUT2D eigenvalue weighted by Gasteiger charge is 2.00. The van der Waals surface area contributed by atoms with Crippen LogP contribution in [0.15, 0.2) is 6.33 Å². The first-order valence-electron chi connectivity index (χ1n) is 4.45. The van der Waals surface area contributed by atoms with Crippen molar-refractivity contribution in [3.8, 4) is 0 Å². The number of aromatic nitrogens is 3. The van der Waals surface area contributed by atoms with Gasteiger partial charge in [-0.15, -0.1) is 10.2 Å². The van der Waals surface area contributed by atoms with Gasteiger partial charge in [-0.1, -0.05) is 13.3 Å². The number of nitrogens with zero attached hydrogens (tertiary/aromatic N) is 3. The predicted octanol–water partition coefficient (Wildman–Crippen LogP) is 0.579. The molecule has 0 spiro atoms. The predicted molar refractivity (Wildman–Crippen MR) is 47.7 cm³/mol. The van der Waals surface area contributed by atoms with Crippen molar-refractivity contribution in [3.05, 3.63) is 12.2 Å². The Labute approximate surface area is 72.8 Å². The molecule has 2 N–H and O–H groups in total. The van der Waals surface area contributed by atoms with Crippen molar-refractivity contribution in [1.29, 1.82) is 0 Å². The average Bonchev–Trinajstić information content (AvgIpc) is 2.50. The zero-order chi connectivity index (χ0) is 8.81. The van der Waals surface area contributed by atoms with Crippen molar-refractivity contribution in [2.75, 3.05) is 6.54 Å². The number of nitrogens with two attached hydrogens (primary N) is 1. The molecule has 1 rings (SSSR count). The zero-order valence-corrected chi connectivity index (χ0v) is 7.53.